The van der Waals surface area contributed by atoms with Gasteiger partial charge in [0.25, 0.3) is 0 Å². The number of hydrogen-bond donors (Lipinski definition) is 2. The number of hydrogen-bond acceptors (Lipinski definition) is 2. The lowest BCUT2D eigenvalue weighted by Crippen LogP contribution is -2.05. The van der Waals surface area contributed by atoms with E-state index in [4.69, 9.17) is 10.2 Å². The SMILES string of the molecule is C=C(C(O)=S)C(O)=S. The van der Waals surface area contributed by atoms with E-state index in [-0.39, 0.29) is 5.57 Å². The molecule has 0 aliphatic rings. The molecule has 4 heteroatoms. The van der Waals surface area contributed by atoms with Crippen molar-refractivity contribution >= 4 is 34.5 Å². The monoisotopic (exact) mass is 148 g/mol. The third kappa shape index (κ3) is 1.99. The average Bonchev–Trinajstić information content (AvgIpc) is 1.64. The van der Waals surface area contributed by atoms with Crippen LogP contribution in [0.15, 0.2) is 12.2 Å². The molecule has 0 bridgehead atoms. The first-order chi connectivity index (χ1) is 3.55. The van der Waals surface area contributed by atoms with Gasteiger partial charge in [-0.2, -0.15) is 0 Å². The van der Waals surface area contributed by atoms with Gasteiger partial charge in [-0.05, 0) is 24.4 Å². The summed E-state index contributed by atoms with van der Waals surface area (Å²) in [7, 11) is 0. The van der Waals surface area contributed by atoms with Crippen molar-refractivity contribution in [2.24, 2.45) is 0 Å². The minimum absolute atomic E-state index is 0.0741. The Kier molecular flexibility index (Phi) is 2.57. The van der Waals surface area contributed by atoms with Gasteiger partial charge in [0.05, 0.1) is 5.57 Å². The quantitative estimate of drug-likeness (QED) is 0.457. The van der Waals surface area contributed by atoms with Crippen molar-refractivity contribution < 1.29 is 10.2 Å². The van der Waals surface area contributed by atoms with Crippen LogP contribution >= 0.6 is 24.4 Å². The van der Waals surface area contributed by atoms with Crippen molar-refractivity contribution in [1.29, 1.82) is 0 Å². The maximum Gasteiger partial charge on any atom is 0.192 e. The molecular formula is C4H4O2S2. The second-order valence-corrected chi connectivity index (χ2v) is 1.86. The van der Waals surface area contributed by atoms with Crippen LogP contribution in [0.25, 0.3) is 0 Å². The van der Waals surface area contributed by atoms with Gasteiger partial charge in [-0.3, -0.25) is 0 Å². The average molecular weight is 148 g/mol. The summed E-state index contributed by atoms with van der Waals surface area (Å²) in [5.74, 6) is 0. The molecule has 44 valence electrons. The van der Waals surface area contributed by atoms with E-state index in [1.165, 1.54) is 0 Å². The molecule has 0 unspecified atom stereocenters. The number of aliphatic hydroxyl groups is 2. The second kappa shape index (κ2) is 2.74. The lowest BCUT2D eigenvalue weighted by Gasteiger charge is -1.93. The van der Waals surface area contributed by atoms with Crippen molar-refractivity contribution in [3.05, 3.63) is 12.2 Å². The highest BCUT2D eigenvalue weighted by molar-refractivity contribution is 7.82. The summed E-state index contributed by atoms with van der Waals surface area (Å²) in [6.07, 6.45) is 0. The Morgan fingerprint density at radius 2 is 1.38 bits per heavy atom. The first-order valence-electron chi connectivity index (χ1n) is 1.71. The fourth-order valence-electron chi connectivity index (χ4n) is 0.0915. The Balaban J connectivity index is 4.05. The standard InChI is InChI=1S/C4H4O2S2/c1-2(3(5)7)4(6)8/h1H2,(H,5,7)(H,6,8). The topological polar surface area (TPSA) is 40.5 Å². The Hall–Kier alpha value is -0.480. The fraction of sp³-hybridized carbons (Fsp3) is 0. The summed E-state index contributed by atoms with van der Waals surface area (Å²) in [6, 6.07) is 0. The normalized spacial score (nSPS) is 8.00. The van der Waals surface area contributed by atoms with Gasteiger partial charge in [-0.1, -0.05) is 6.58 Å². The van der Waals surface area contributed by atoms with Crippen LogP contribution in [0.5, 0.6) is 0 Å². The minimum atomic E-state index is -0.461. The summed E-state index contributed by atoms with van der Waals surface area (Å²) in [5, 5.41) is 15.8. The van der Waals surface area contributed by atoms with Crippen LogP contribution in [-0.2, 0) is 0 Å². The molecule has 0 rings (SSSR count). The van der Waals surface area contributed by atoms with Gasteiger partial charge in [-0.25, -0.2) is 0 Å². The van der Waals surface area contributed by atoms with Crippen molar-refractivity contribution in [1.82, 2.24) is 0 Å². The molecule has 2 nitrogen and oxygen atoms in total. The Labute approximate surface area is 57.5 Å². The Morgan fingerprint density at radius 3 is 1.38 bits per heavy atom. The van der Waals surface area contributed by atoms with Crippen LogP contribution in [0, 0.1) is 0 Å². The smallest absolute Gasteiger partial charge is 0.192 e. The van der Waals surface area contributed by atoms with Crippen LogP contribution < -0.4 is 0 Å². The molecule has 0 heterocycles. The lowest BCUT2D eigenvalue weighted by atomic mass is 10.3. The first kappa shape index (κ1) is 7.52. The molecule has 0 amide bonds. The van der Waals surface area contributed by atoms with Crippen molar-refractivity contribution in [3.63, 3.8) is 0 Å². The minimum Gasteiger partial charge on any atom is -0.498 e. The molecule has 0 saturated heterocycles. The zero-order valence-corrected chi connectivity index (χ0v) is 5.55. The molecule has 0 spiro atoms. The summed E-state index contributed by atoms with van der Waals surface area (Å²) >= 11 is 8.41. The molecule has 8 heavy (non-hydrogen) atoms. The molecule has 0 aliphatic heterocycles. The molecule has 0 radical (unpaired) electrons. The van der Waals surface area contributed by atoms with Crippen LogP contribution in [0.4, 0.5) is 0 Å². The zero-order chi connectivity index (χ0) is 6.73. The van der Waals surface area contributed by atoms with Crippen LogP contribution in [-0.4, -0.2) is 20.3 Å². The summed E-state index contributed by atoms with van der Waals surface area (Å²) < 4.78 is 0. The summed E-state index contributed by atoms with van der Waals surface area (Å²) in [5.41, 5.74) is -0.0741. The van der Waals surface area contributed by atoms with E-state index in [0.717, 1.165) is 0 Å². The Bertz CT molecular complexity index is 134. The van der Waals surface area contributed by atoms with E-state index in [1.807, 2.05) is 0 Å². The van der Waals surface area contributed by atoms with E-state index in [0.29, 0.717) is 0 Å². The number of rotatable bonds is 2. The largest absolute Gasteiger partial charge is 0.498 e. The molecule has 0 aromatic carbocycles. The molecule has 2 N–H and O–H groups in total. The highest BCUT2D eigenvalue weighted by Crippen LogP contribution is 1.92. The van der Waals surface area contributed by atoms with E-state index in [1.54, 1.807) is 0 Å². The summed E-state index contributed by atoms with van der Waals surface area (Å²) in [4.78, 5) is 0. The van der Waals surface area contributed by atoms with Gasteiger partial charge in [0.15, 0.2) is 10.1 Å². The van der Waals surface area contributed by atoms with Gasteiger partial charge in [0, 0.05) is 0 Å². The fourth-order valence-corrected chi connectivity index (χ4v) is 0.349. The van der Waals surface area contributed by atoms with Gasteiger partial charge in [0.2, 0.25) is 0 Å². The zero-order valence-electron chi connectivity index (χ0n) is 3.92. The predicted octanol–water partition coefficient (Wildman–Crippen LogP) is 1.31. The molecule has 0 aromatic rings. The van der Waals surface area contributed by atoms with Gasteiger partial charge in [0.1, 0.15) is 0 Å². The molecule has 0 aliphatic carbocycles. The second-order valence-electron chi connectivity index (χ2n) is 1.09. The third-order valence-electron chi connectivity index (χ3n) is 0.516. The van der Waals surface area contributed by atoms with Crippen LogP contribution in [0.2, 0.25) is 0 Å². The van der Waals surface area contributed by atoms with E-state index in [9.17, 15) is 0 Å². The molecule has 0 fully saturated rings. The van der Waals surface area contributed by atoms with Crippen molar-refractivity contribution in [3.8, 4) is 0 Å². The van der Waals surface area contributed by atoms with Crippen molar-refractivity contribution in [2.45, 2.75) is 0 Å². The van der Waals surface area contributed by atoms with Gasteiger partial charge < -0.3 is 10.2 Å². The maximum absolute atomic E-state index is 8.38. The maximum atomic E-state index is 8.38. The predicted molar refractivity (Wildman–Crippen MR) is 39.6 cm³/mol. The molecule has 0 saturated carbocycles. The highest BCUT2D eigenvalue weighted by atomic mass is 32.1. The van der Waals surface area contributed by atoms with E-state index < -0.39 is 10.1 Å². The molecular weight excluding hydrogens is 144 g/mol. The summed E-state index contributed by atoms with van der Waals surface area (Å²) in [6.45, 7) is 3.17. The molecule has 0 atom stereocenters. The lowest BCUT2D eigenvalue weighted by molar-refractivity contribution is 0.552. The van der Waals surface area contributed by atoms with E-state index in [2.05, 4.69) is 31.0 Å². The Morgan fingerprint density at radius 1 is 1.12 bits per heavy atom. The van der Waals surface area contributed by atoms with E-state index >= 15 is 0 Å². The van der Waals surface area contributed by atoms with Crippen LogP contribution in [0.3, 0.4) is 0 Å². The van der Waals surface area contributed by atoms with Crippen LogP contribution in [0.1, 0.15) is 0 Å². The third-order valence-corrected chi connectivity index (χ3v) is 1.01. The van der Waals surface area contributed by atoms with Gasteiger partial charge in [-0.15, -0.1) is 0 Å². The van der Waals surface area contributed by atoms with Crippen molar-refractivity contribution in [2.75, 3.05) is 0 Å². The first-order valence-corrected chi connectivity index (χ1v) is 2.53. The highest BCUT2D eigenvalue weighted by Gasteiger charge is 2.01. The number of thiocarbonyl (C=S) groups is 2. The van der Waals surface area contributed by atoms with Gasteiger partial charge >= 0.3 is 0 Å². The number of aliphatic hydroxyl groups excluding tert-OH is 2. The molecule has 0 aromatic heterocycles.